The second kappa shape index (κ2) is 3.75. The van der Waals surface area contributed by atoms with Crippen molar-refractivity contribution in [2.45, 2.75) is 19.1 Å². The smallest absolute Gasteiger partial charge is 0.347 e. The summed E-state index contributed by atoms with van der Waals surface area (Å²) < 4.78 is 40.8. The van der Waals surface area contributed by atoms with E-state index < -0.39 is 11.7 Å². The normalized spacial score (nSPS) is 16.0. The average Bonchev–Trinajstić information content (AvgIpc) is 2.63. The van der Waals surface area contributed by atoms with Crippen molar-refractivity contribution in [2.24, 2.45) is 7.05 Å². The van der Waals surface area contributed by atoms with Gasteiger partial charge in [0.2, 0.25) is 0 Å². The van der Waals surface area contributed by atoms with Crippen molar-refractivity contribution in [3.63, 3.8) is 0 Å². The van der Waals surface area contributed by atoms with Gasteiger partial charge in [-0.05, 0) is 11.6 Å². The highest BCUT2D eigenvalue weighted by atomic mass is 19.4. The van der Waals surface area contributed by atoms with Crippen LogP contribution in [0.25, 0.3) is 10.9 Å². The molecule has 1 aromatic heterocycles. The lowest BCUT2D eigenvalue weighted by atomic mass is 10.0. The van der Waals surface area contributed by atoms with Crippen LogP contribution >= 0.6 is 0 Å². The minimum Gasteiger partial charge on any atom is -0.347 e. The molecule has 0 fully saturated rings. The molecule has 0 aliphatic carbocycles. The van der Waals surface area contributed by atoms with Crippen molar-refractivity contribution in [1.29, 1.82) is 0 Å². The number of para-hydroxylation sites is 1. The molecule has 1 aliphatic heterocycles. The van der Waals surface area contributed by atoms with Gasteiger partial charge in [-0.3, -0.25) is 0 Å². The molecule has 96 valence electrons. The maximum Gasteiger partial charge on any atom is 0.418 e. The van der Waals surface area contributed by atoms with Gasteiger partial charge in [-0.1, -0.05) is 12.1 Å². The first-order chi connectivity index (χ1) is 8.50. The molecule has 3 rings (SSSR count). The number of aromatic nitrogens is 1. The van der Waals surface area contributed by atoms with Gasteiger partial charge in [-0.25, -0.2) is 0 Å². The summed E-state index contributed by atoms with van der Waals surface area (Å²) in [5.74, 6) is 0. The molecule has 2 aromatic rings. The Morgan fingerprint density at radius 3 is 2.78 bits per heavy atom. The standard InChI is InChI=1S/C13H13F3N2/c1-18-11-5-6-17-7-9(11)8-3-2-4-10(12(8)18)13(14,15)16/h2-4,17H,5-7H2,1H3. The van der Waals surface area contributed by atoms with E-state index in [0.29, 0.717) is 12.1 Å². The number of hydrogen-bond donors (Lipinski definition) is 1. The van der Waals surface area contributed by atoms with E-state index in [4.69, 9.17) is 0 Å². The highest BCUT2D eigenvalue weighted by Gasteiger charge is 2.34. The third-order valence-electron chi connectivity index (χ3n) is 3.60. The number of rotatable bonds is 0. The molecule has 1 aliphatic rings. The first-order valence-electron chi connectivity index (χ1n) is 5.87. The number of alkyl halides is 3. The second-order valence-corrected chi connectivity index (χ2v) is 4.61. The van der Waals surface area contributed by atoms with Gasteiger partial charge in [0.1, 0.15) is 0 Å². The third kappa shape index (κ3) is 1.54. The molecule has 1 N–H and O–H groups in total. The summed E-state index contributed by atoms with van der Waals surface area (Å²) in [6.45, 7) is 1.46. The Bertz CT molecular complexity index is 611. The minimum atomic E-state index is -4.30. The van der Waals surface area contributed by atoms with Crippen LogP contribution in [0, 0.1) is 0 Å². The molecule has 5 heteroatoms. The molecule has 1 aromatic carbocycles. The highest BCUT2D eigenvalue weighted by molar-refractivity contribution is 5.88. The van der Waals surface area contributed by atoms with Crippen molar-refractivity contribution < 1.29 is 13.2 Å². The largest absolute Gasteiger partial charge is 0.418 e. The molecule has 0 unspecified atom stereocenters. The van der Waals surface area contributed by atoms with Gasteiger partial charge in [0, 0.05) is 37.6 Å². The lowest BCUT2D eigenvalue weighted by molar-refractivity contribution is -0.136. The van der Waals surface area contributed by atoms with Gasteiger partial charge in [-0.15, -0.1) is 0 Å². The van der Waals surface area contributed by atoms with Gasteiger partial charge in [0.15, 0.2) is 0 Å². The second-order valence-electron chi connectivity index (χ2n) is 4.61. The number of benzene rings is 1. The van der Waals surface area contributed by atoms with Crippen LogP contribution in [0.1, 0.15) is 16.8 Å². The van der Waals surface area contributed by atoms with Gasteiger partial charge < -0.3 is 9.88 Å². The van der Waals surface area contributed by atoms with Crippen molar-refractivity contribution >= 4 is 10.9 Å². The molecule has 0 atom stereocenters. The van der Waals surface area contributed by atoms with E-state index >= 15 is 0 Å². The number of hydrogen-bond acceptors (Lipinski definition) is 1. The molecule has 0 saturated carbocycles. The molecular formula is C13H13F3N2. The zero-order chi connectivity index (χ0) is 12.9. The topological polar surface area (TPSA) is 17.0 Å². The summed E-state index contributed by atoms with van der Waals surface area (Å²) in [4.78, 5) is 0. The van der Waals surface area contributed by atoms with E-state index in [-0.39, 0.29) is 0 Å². The fraction of sp³-hybridized carbons (Fsp3) is 0.385. The summed E-state index contributed by atoms with van der Waals surface area (Å²) in [5.41, 5.74) is 1.78. The molecule has 0 amide bonds. The predicted molar refractivity (Wildman–Crippen MR) is 63.3 cm³/mol. The predicted octanol–water partition coefficient (Wildman–Crippen LogP) is 2.84. The Hall–Kier alpha value is -1.49. The van der Waals surface area contributed by atoms with Crippen LogP contribution in [0.3, 0.4) is 0 Å². The third-order valence-corrected chi connectivity index (χ3v) is 3.60. The summed E-state index contributed by atoms with van der Waals surface area (Å²) in [6, 6.07) is 4.41. The Morgan fingerprint density at radius 2 is 2.06 bits per heavy atom. The van der Waals surface area contributed by atoms with E-state index in [9.17, 15) is 13.2 Å². The summed E-state index contributed by atoms with van der Waals surface area (Å²) in [5, 5.41) is 3.93. The van der Waals surface area contributed by atoms with Gasteiger partial charge in [-0.2, -0.15) is 13.2 Å². The Kier molecular flexibility index (Phi) is 2.41. The van der Waals surface area contributed by atoms with Gasteiger partial charge in [0.25, 0.3) is 0 Å². The fourth-order valence-electron chi connectivity index (χ4n) is 2.81. The quantitative estimate of drug-likeness (QED) is 0.765. The molecule has 0 saturated heterocycles. The molecular weight excluding hydrogens is 241 g/mol. The monoisotopic (exact) mass is 254 g/mol. The summed E-state index contributed by atoms with van der Waals surface area (Å²) >= 11 is 0. The van der Waals surface area contributed by atoms with E-state index in [2.05, 4.69) is 5.32 Å². The number of aryl methyl sites for hydroxylation is 1. The molecule has 2 nitrogen and oxygen atoms in total. The fourth-order valence-corrected chi connectivity index (χ4v) is 2.81. The van der Waals surface area contributed by atoms with Gasteiger partial charge >= 0.3 is 6.18 Å². The van der Waals surface area contributed by atoms with Crippen molar-refractivity contribution in [2.75, 3.05) is 6.54 Å². The SMILES string of the molecule is Cn1c2c(c3cccc(C(F)(F)F)c31)CNCC2. The Morgan fingerprint density at radius 1 is 1.28 bits per heavy atom. The average molecular weight is 254 g/mol. The van der Waals surface area contributed by atoms with E-state index in [1.807, 2.05) is 0 Å². The minimum absolute atomic E-state index is 0.304. The van der Waals surface area contributed by atoms with E-state index in [1.165, 1.54) is 6.07 Å². The molecule has 2 heterocycles. The van der Waals surface area contributed by atoms with Crippen molar-refractivity contribution in [3.05, 3.63) is 35.0 Å². The Labute approximate surface area is 102 Å². The van der Waals surface area contributed by atoms with Crippen molar-refractivity contribution in [1.82, 2.24) is 9.88 Å². The van der Waals surface area contributed by atoms with Crippen LogP contribution in [0.15, 0.2) is 18.2 Å². The number of nitrogens with one attached hydrogen (secondary N) is 1. The maximum atomic E-state index is 13.0. The molecule has 0 bridgehead atoms. The number of halogens is 3. The van der Waals surface area contributed by atoms with Gasteiger partial charge in [0.05, 0.1) is 11.1 Å². The van der Waals surface area contributed by atoms with E-state index in [0.717, 1.165) is 35.7 Å². The van der Waals surface area contributed by atoms with Crippen LogP contribution in [0.4, 0.5) is 13.2 Å². The van der Waals surface area contributed by atoms with Crippen LogP contribution in [-0.2, 0) is 26.2 Å². The van der Waals surface area contributed by atoms with Crippen LogP contribution < -0.4 is 5.32 Å². The molecule has 0 radical (unpaired) electrons. The highest BCUT2D eigenvalue weighted by Crippen LogP contribution is 2.38. The summed E-state index contributed by atoms with van der Waals surface area (Å²) in [7, 11) is 1.72. The first kappa shape index (κ1) is 11.6. The van der Waals surface area contributed by atoms with E-state index in [1.54, 1.807) is 17.7 Å². The van der Waals surface area contributed by atoms with Crippen LogP contribution in [-0.4, -0.2) is 11.1 Å². The van der Waals surface area contributed by atoms with Crippen molar-refractivity contribution in [3.8, 4) is 0 Å². The summed E-state index contributed by atoms with van der Waals surface area (Å²) in [6.07, 6.45) is -3.53. The molecule has 0 spiro atoms. The molecule has 18 heavy (non-hydrogen) atoms. The zero-order valence-electron chi connectivity index (χ0n) is 9.93. The number of nitrogens with zero attached hydrogens (tertiary/aromatic N) is 1. The first-order valence-corrected chi connectivity index (χ1v) is 5.87. The van der Waals surface area contributed by atoms with Crippen LogP contribution in [0.2, 0.25) is 0 Å². The zero-order valence-corrected chi connectivity index (χ0v) is 9.93. The Balaban J connectivity index is 2.39. The number of fused-ring (bicyclic) bond motifs is 3. The maximum absolute atomic E-state index is 13.0. The lowest BCUT2D eigenvalue weighted by Crippen LogP contribution is -2.24. The lowest BCUT2D eigenvalue weighted by Gasteiger charge is -2.14. The van der Waals surface area contributed by atoms with Crippen LogP contribution in [0.5, 0.6) is 0 Å².